The first-order valence-electron chi connectivity index (χ1n) is 9.75. The van der Waals surface area contributed by atoms with Gasteiger partial charge in [0.1, 0.15) is 0 Å². The van der Waals surface area contributed by atoms with Crippen LogP contribution in [0, 0.1) is 10.1 Å². The standard InChI is InChI=1S/C19H29N5O4/c1-3-15-6-7-16(14-17(15)24(27)28)21-19(26)18(25)20-8-5-9-23-12-10-22(4-2)11-13-23/h6-7,14H,3-5,8-13H2,1-2H3,(H,20,25)(H,21,26). The third-order valence-electron chi connectivity index (χ3n) is 4.98. The van der Waals surface area contributed by atoms with Crippen LogP contribution in [-0.4, -0.2) is 72.4 Å². The van der Waals surface area contributed by atoms with Crippen LogP contribution in [0.25, 0.3) is 0 Å². The number of anilines is 1. The first kappa shape index (κ1) is 21.8. The van der Waals surface area contributed by atoms with Gasteiger partial charge < -0.3 is 20.4 Å². The Morgan fingerprint density at radius 2 is 1.79 bits per heavy atom. The minimum absolute atomic E-state index is 0.0659. The first-order chi connectivity index (χ1) is 13.4. The van der Waals surface area contributed by atoms with Gasteiger partial charge in [0.05, 0.1) is 4.92 Å². The van der Waals surface area contributed by atoms with Gasteiger partial charge in [-0.25, -0.2) is 0 Å². The third kappa shape index (κ3) is 6.28. The number of nitrogens with zero attached hydrogens (tertiary/aromatic N) is 3. The number of piperazine rings is 1. The van der Waals surface area contributed by atoms with Crippen molar-refractivity contribution in [3.63, 3.8) is 0 Å². The number of likely N-dealkylation sites (N-methyl/N-ethyl adjacent to an activating group) is 1. The highest BCUT2D eigenvalue weighted by molar-refractivity contribution is 6.39. The summed E-state index contributed by atoms with van der Waals surface area (Å²) in [6.07, 6.45) is 1.28. The minimum atomic E-state index is -0.824. The molecule has 2 N–H and O–H groups in total. The predicted molar refractivity (Wildman–Crippen MR) is 107 cm³/mol. The van der Waals surface area contributed by atoms with Crippen molar-refractivity contribution in [1.82, 2.24) is 15.1 Å². The van der Waals surface area contributed by atoms with E-state index < -0.39 is 16.7 Å². The normalized spacial score (nSPS) is 15.2. The van der Waals surface area contributed by atoms with Gasteiger partial charge in [-0.05, 0) is 32.0 Å². The van der Waals surface area contributed by atoms with Crippen LogP contribution in [0.5, 0.6) is 0 Å². The molecule has 0 saturated carbocycles. The molecule has 154 valence electrons. The highest BCUT2D eigenvalue weighted by Gasteiger charge is 2.18. The van der Waals surface area contributed by atoms with Gasteiger partial charge in [0.15, 0.2) is 0 Å². The summed E-state index contributed by atoms with van der Waals surface area (Å²) in [4.78, 5) is 39.3. The van der Waals surface area contributed by atoms with Crippen molar-refractivity contribution < 1.29 is 14.5 Å². The largest absolute Gasteiger partial charge is 0.348 e. The fourth-order valence-electron chi connectivity index (χ4n) is 3.21. The van der Waals surface area contributed by atoms with Crippen molar-refractivity contribution >= 4 is 23.2 Å². The van der Waals surface area contributed by atoms with Crippen LogP contribution < -0.4 is 10.6 Å². The van der Waals surface area contributed by atoms with Crippen LogP contribution in [0.1, 0.15) is 25.8 Å². The number of nitro groups is 1. The highest BCUT2D eigenvalue weighted by atomic mass is 16.6. The number of benzene rings is 1. The fourth-order valence-corrected chi connectivity index (χ4v) is 3.21. The molecule has 1 aromatic rings. The Labute approximate surface area is 165 Å². The van der Waals surface area contributed by atoms with Crippen LogP contribution in [0.3, 0.4) is 0 Å². The van der Waals surface area contributed by atoms with E-state index in [4.69, 9.17) is 0 Å². The maximum absolute atomic E-state index is 12.0. The molecule has 0 atom stereocenters. The lowest BCUT2D eigenvalue weighted by molar-refractivity contribution is -0.385. The quantitative estimate of drug-likeness (QED) is 0.299. The molecule has 0 spiro atoms. The Bertz CT molecular complexity index is 702. The Balaban J connectivity index is 1.73. The summed E-state index contributed by atoms with van der Waals surface area (Å²) in [5.41, 5.74) is 0.744. The van der Waals surface area contributed by atoms with E-state index in [0.717, 1.165) is 45.7 Å². The second-order valence-electron chi connectivity index (χ2n) is 6.79. The van der Waals surface area contributed by atoms with Gasteiger partial charge >= 0.3 is 11.8 Å². The highest BCUT2D eigenvalue weighted by Crippen LogP contribution is 2.23. The van der Waals surface area contributed by atoms with E-state index in [-0.39, 0.29) is 11.4 Å². The topological polar surface area (TPSA) is 108 Å². The van der Waals surface area contributed by atoms with Gasteiger partial charge in [-0.1, -0.05) is 19.9 Å². The molecule has 0 aromatic heterocycles. The van der Waals surface area contributed by atoms with Gasteiger partial charge in [-0.3, -0.25) is 19.7 Å². The molecule has 9 heteroatoms. The van der Waals surface area contributed by atoms with Crippen molar-refractivity contribution in [1.29, 1.82) is 0 Å². The summed E-state index contributed by atoms with van der Waals surface area (Å²) in [7, 11) is 0. The molecular weight excluding hydrogens is 362 g/mol. The van der Waals surface area contributed by atoms with Crippen molar-refractivity contribution in [2.45, 2.75) is 26.7 Å². The molecule has 1 aliphatic heterocycles. The zero-order valence-corrected chi connectivity index (χ0v) is 16.6. The summed E-state index contributed by atoms with van der Waals surface area (Å²) < 4.78 is 0. The average Bonchev–Trinajstić information content (AvgIpc) is 2.71. The van der Waals surface area contributed by atoms with Crippen LogP contribution in [0.15, 0.2) is 18.2 Å². The van der Waals surface area contributed by atoms with E-state index in [1.165, 1.54) is 6.07 Å². The summed E-state index contributed by atoms with van der Waals surface area (Å²) in [5.74, 6) is -1.56. The van der Waals surface area contributed by atoms with Gasteiger partial charge in [-0.2, -0.15) is 0 Å². The van der Waals surface area contributed by atoms with E-state index in [1.54, 1.807) is 12.1 Å². The Morgan fingerprint density at radius 3 is 2.39 bits per heavy atom. The number of aryl methyl sites for hydroxylation is 1. The van der Waals surface area contributed by atoms with E-state index in [0.29, 0.717) is 18.5 Å². The zero-order valence-electron chi connectivity index (χ0n) is 16.6. The van der Waals surface area contributed by atoms with E-state index in [1.807, 2.05) is 6.92 Å². The van der Waals surface area contributed by atoms with Crippen LogP contribution in [-0.2, 0) is 16.0 Å². The van der Waals surface area contributed by atoms with E-state index >= 15 is 0 Å². The molecule has 0 bridgehead atoms. The van der Waals surface area contributed by atoms with E-state index in [9.17, 15) is 19.7 Å². The molecule has 1 aliphatic rings. The molecule has 0 aliphatic carbocycles. The Kier molecular flexibility index (Phi) is 8.34. The molecule has 1 heterocycles. The summed E-state index contributed by atoms with van der Waals surface area (Å²) in [6.45, 7) is 10.5. The average molecular weight is 391 g/mol. The fraction of sp³-hybridized carbons (Fsp3) is 0.579. The molecule has 28 heavy (non-hydrogen) atoms. The van der Waals surface area contributed by atoms with Crippen molar-refractivity contribution in [3.05, 3.63) is 33.9 Å². The van der Waals surface area contributed by atoms with Crippen LogP contribution in [0.2, 0.25) is 0 Å². The SMILES string of the molecule is CCc1ccc(NC(=O)C(=O)NCCCN2CCN(CC)CC2)cc1[N+](=O)[O-]. The summed E-state index contributed by atoms with van der Waals surface area (Å²) in [6, 6.07) is 4.43. The van der Waals surface area contributed by atoms with Crippen LogP contribution in [0.4, 0.5) is 11.4 Å². The molecule has 0 unspecified atom stereocenters. The van der Waals surface area contributed by atoms with Gasteiger partial charge in [0, 0.05) is 50.0 Å². The lowest BCUT2D eigenvalue weighted by atomic mass is 10.1. The number of nitro benzene ring substituents is 1. The number of amides is 2. The summed E-state index contributed by atoms with van der Waals surface area (Å²) in [5, 5.41) is 16.1. The second kappa shape index (κ2) is 10.7. The molecule has 1 fully saturated rings. The monoisotopic (exact) mass is 391 g/mol. The molecule has 1 saturated heterocycles. The molecule has 2 amide bonds. The molecule has 2 rings (SSSR count). The van der Waals surface area contributed by atoms with Crippen LogP contribution >= 0.6 is 0 Å². The maximum Gasteiger partial charge on any atom is 0.313 e. The van der Waals surface area contributed by atoms with Gasteiger partial charge in [-0.15, -0.1) is 0 Å². The molecule has 9 nitrogen and oxygen atoms in total. The predicted octanol–water partition coefficient (Wildman–Crippen LogP) is 1.24. The van der Waals surface area contributed by atoms with Crippen molar-refractivity contribution in [2.75, 3.05) is 51.1 Å². The number of nitrogens with one attached hydrogen (secondary N) is 2. The zero-order chi connectivity index (χ0) is 20.5. The minimum Gasteiger partial charge on any atom is -0.348 e. The van der Waals surface area contributed by atoms with E-state index in [2.05, 4.69) is 27.4 Å². The number of hydrogen-bond acceptors (Lipinski definition) is 6. The van der Waals surface area contributed by atoms with Crippen molar-refractivity contribution in [3.8, 4) is 0 Å². The third-order valence-corrected chi connectivity index (χ3v) is 4.98. The van der Waals surface area contributed by atoms with Gasteiger partial charge in [0.2, 0.25) is 0 Å². The molecule has 1 aromatic carbocycles. The number of rotatable bonds is 8. The number of hydrogen-bond donors (Lipinski definition) is 2. The molecule has 0 radical (unpaired) electrons. The Hall–Kier alpha value is -2.52. The lowest BCUT2D eigenvalue weighted by Gasteiger charge is -2.33. The summed E-state index contributed by atoms with van der Waals surface area (Å²) >= 11 is 0. The van der Waals surface area contributed by atoms with Crippen molar-refractivity contribution in [2.24, 2.45) is 0 Å². The first-order valence-corrected chi connectivity index (χ1v) is 9.75. The lowest BCUT2D eigenvalue weighted by Crippen LogP contribution is -2.46. The number of carbonyl (C=O) groups excluding carboxylic acids is 2. The second-order valence-corrected chi connectivity index (χ2v) is 6.79. The maximum atomic E-state index is 12.0. The smallest absolute Gasteiger partial charge is 0.313 e. The van der Waals surface area contributed by atoms with Gasteiger partial charge in [0.25, 0.3) is 5.69 Å². The molecular formula is C19H29N5O4. The number of carbonyl (C=O) groups is 2. The Morgan fingerprint density at radius 1 is 1.11 bits per heavy atom.